The first-order valence-corrected chi connectivity index (χ1v) is 13.4. The molecule has 5 rings (SSSR count). The van der Waals surface area contributed by atoms with Gasteiger partial charge in [-0.05, 0) is 76.1 Å². The minimum atomic E-state index is -5.66. The second kappa shape index (κ2) is 11.0. The average molecular weight is 621 g/mol. The zero-order chi connectivity index (χ0) is 32.2. The predicted molar refractivity (Wildman–Crippen MR) is 145 cm³/mol. The maximum atomic E-state index is 15.7. The monoisotopic (exact) mass is 620 g/mol. The molecule has 2 heterocycles. The van der Waals surface area contributed by atoms with Crippen molar-refractivity contribution in [3.05, 3.63) is 82.4 Å². The van der Waals surface area contributed by atoms with E-state index in [9.17, 15) is 32.6 Å². The van der Waals surface area contributed by atoms with Crippen LogP contribution < -0.4 is 10.1 Å². The summed E-state index contributed by atoms with van der Waals surface area (Å²) in [6, 6.07) is 7.74. The van der Waals surface area contributed by atoms with Crippen molar-refractivity contribution >= 4 is 16.8 Å². The number of pyridine rings is 1. The van der Waals surface area contributed by atoms with Crippen molar-refractivity contribution < 1.29 is 46.1 Å². The second-order valence-electron chi connectivity index (χ2n) is 11.1. The van der Waals surface area contributed by atoms with Crippen LogP contribution in [0.25, 0.3) is 22.2 Å². The van der Waals surface area contributed by atoms with Gasteiger partial charge in [-0.2, -0.15) is 18.3 Å². The highest BCUT2D eigenvalue weighted by molar-refractivity contribution is 5.99. The molecule has 44 heavy (non-hydrogen) atoms. The summed E-state index contributed by atoms with van der Waals surface area (Å²) in [4.78, 5) is 16.6. The quantitative estimate of drug-likeness (QED) is 0.227. The highest BCUT2D eigenvalue weighted by Crippen LogP contribution is 2.43. The highest BCUT2D eigenvalue weighted by atomic mass is 19.4. The summed E-state index contributed by atoms with van der Waals surface area (Å²) in [5.41, 5.74) is -9.99. The number of halogens is 6. The standard InChI is InChI=1S/C30H26F6N4O4/c1-14-25(44-18-9-10-18)19-12-16(6-11-20(19)40-39-14)27(41)37-13-29(43,30(34,35)36)26-23(33)21(28(2,3)42)22(32)24(38-26)15-4-7-17(31)8-5-15/h4-8,11-12,18,42-43H,9-10,13H2,1-3H3,(H,37,41). The van der Waals surface area contributed by atoms with Crippen molar-refractivity contribution in [1.29, 1.82) is 0 Å². The Kier molecular flexibility index (Phi) is 7.79. The van der Waals surface area contributed by atoms with Gasteiger partial charge in [0.25, 0.3) is 5.91 Å². The second-order valence-corrected chi connectivity index (χ2v) is 11.1. The summed E-state index contributed by atoms with van der Waals surface area (Å²) in [5.74, 6) is -4.96. The molecule has 0 spiro atoms. The largest absolute Gasteiger partial charge is 0.488 e. The molecule has 2 aromatic heterocycles. The third-order valence-corrected chi connectivity index (χ3v) is 7.12. The Labute approximate surface area is 246 Å². The highest BCUT2D eigenvalue weighted by Gasteiger charge is 2.58. The van der Waals surface area contributed by atoms with Gasteiger partial charge < -0.3 is 20.3 Å². The molecule has 0 aliphatic heterocycles. The maximum Gasteiger partial charge on any atom is 0.424 e. The van der Waals surface area contributed by atoms with Gasteiger partial charge in [0, 0.05) is 16.5 Å². The summed E-state index contributed by atoms with van der Waals surface area (Å²) < 4.78 is 94.2. The van der Waals surface area contributed by atoms with Crippen molar-refractivity contribution in [1.82, 2.24) is 20.5 Å². The van der Waals surface area contributed by atoms with E-state index in [1.807, 2.05) is 5.32 Å². The fraction of sp³-hybridized carbons (Fsp3) is 0.333. The Balaban J connectivity index is 1.56. The van der Waals surface area contributed by atoms with Gasteiger partial charge >= 0.3 is 6.18 Å². The minimum Gasteiger partial charge on any atom is -0.488 e. The molecule has 232 valence electrons. The topological polar surface area (TPSA) is 117 Å². The van der Waals surface area contributed by atoms with Crippen molar-refractivity contribution in [2.24, 2.45) is 0 Å². The lowest BCUT2D eigenvalue weighted by molar-refractivity contribution is -0.266. The molecule has 1 atom stereocenters. The molecule has 4 aromatic rings. The molecule has 1 fully saturated rings. The lowest BCUT2D eigenvalue weighted by atomic mass is 9.89. The smallest absolute Gasteiger partial charge is 0.424 e. The number of benzene rings is 2. The van der Waals surface area contributed by atoms with Gasteiger partial charge in [-0.25, -0.2) is 18.2 Å². The van der Waals surface area contributed by atoms with Crippen LogP contribution in [0.5, 0.6) is 5.75 Å². The van der Waals surface area contributed by atoms with E-state index < -0.39 is 64.2 Å². The van der Waals surface area contributed by atoms with E-state index in [0.29, 0.717) is 22.3 Å². The van der Waals surface area contributed by atoms with Crippen molar-refractivity contribution in [2.45, 2.75) is 57.1 Å². The molecule has 0 radical (unpaired) electrons. The number of amides is 1. The number of aromatic nitrogens is 3. The molecule has 2 aromatic carbocycles. The molecule has 0 bridgehead atoms. The van der Waals surface area contributed by atoms with E-state index in [4.69, 9.17) is 4.74 Å². The number of fused-ring (bicyclic) bond motifs is 1. The number of ether oxygens (including phenoxy) is 1. The summed E-state index contributed by atoms with van der Waals surface area (Å²) >= 11 is 0. The molecule has 1 aliphatic carbocycles. The normalized spacial score (nSPS) is 15.2. The zero-order valence-corrected chi connectivity index (χ0v) is 23.6. The van der Waals surface area contributed by atoms with Crippen LogP contribution in [0.1, 0.15) is 54.0 Å². The van der Waals surface area contributed by atoms with Crippen LogP contribution in [-0.4, -0.2) is 50.1 Å². The van der Waals surface area contributed by atoms with Gasteiger partial charge in [-0.1, -0.05) is 0 Å². The van der Waals surface area contributed by atoms with Gasteiger partial charge in [0.1, 0.15) is 22.9 Å². The summed E-state index contributed by atoms with van der Waals surface area (Å²) in [6.07, 6.45) is -4.05. The maximum absolute atomic E-state index is 15.7. The van der Waals surface area contributed by atoms with Gasteiger partial charge in [0.05, 0.1) is 29.3 Å². The number of nitrogens with zero attached hydrogens (tertiary/aromatic N) is 3. The number of rotatable bonds is 8. The molecule has 14 heteroatoms. The fourth-order valence-electron chi connectivity index (χ4n) is 4.60. The minimum absolute atomic E-state index is 0.0351. The Morgan fingerprint density at radius 2 is 1.66 bits per heavy atom. The molecule has 8 nitrogen and oxygen atoms in total. The third kappa shape index (κ3) is 5.78. The lowest BCUT2D eigenvalue weighted by Gasteiger charge is -2.32. The van der Waals surface area contributed by atoms with E-state index in [1.165, 1.54) is 18.2 Å². The van der Waals surface area contributed by atoms with E-state index in [-0.39, 0.29) is 17.2 Å². The Hall–Kier alpha value is -4.30. The predicted octanol–water partition coefficient (Wildman–Crippen LogP) is 5.37. The van der Waals surface area contributed by atoms with Crippen LogP contribution in [0.2, 0.25) is 0 Å². The van der Waals surface area contributed by atoms with Gasteiger partial charge in [0.15, 0.2) is 17.4 Å². The average Bonchev–Trinajstić information content (AvgIpc) is 3.76. The summed E-state index contributed by atoms with van der Waals surface area (Å²) in [6.45, 7) is 1.85. The molecule has 3 N–H and O–H groups in total. The van der Waals surface area contributed by atoms with Crippen LogP contribution in [0.15, 0.2) is 42.5 Å². The molecule has 1 amide bonds. The van der Waals surface area contributed by atoms with E-state index in [0.717, 1.165) is 51.0 Å². The first-order chi connectivity index (χ1) is 20.5. The van der Waals surface area contributed by atoms with Crippen molar-refractivity contribution in [3.63, 3.8) is 0 Å². The number of hydrogen-bond donors (Lipinski definition) is 3. The van der Waals surface area contributed by atoms with Gasteiger partial charge in [-0.3, -0.25) is 4.79 Å². The summed E-state index contributed by atoms with van der Waals surface area (Å²) in [5, 5.41) is 31.9. The van der Waals surface area contributed by atoms with Crippen LogP contribution >= 0.6 is 0 Å². The Bertz CT molecular complexity index is 1750. The molecule has 1 saturated carbocycles. The van der Waals surface area contributed by atoms with Crippen molar-refractivity contribution in [2.75, 3.05) is 6.54 Å². The number of carbonyl (C=O) groups excluding carboxylic acids is 1. The SMILES string of the molecule is Cc1nnc2ccc(C(=O)NCC(O)(c3nc(-c4ccc(F)cc4)c(F)c(C(C)(C)O)c3F)C(F)(F)F)cc2c1OC1CC1. The van der Waals surface area contributed by atoms with Crippen LogP contribution in [-0.2, 0) is 11.2 Å². The summed E-state index contributed by atoms with van der Waals surface area (Å²) in [7, 11) is 0. The number of alkyl halides is 3. The van der Waals surface area contributed by atoms with E-state index >= 15 is 8.78 Å². The Morgan fingerprint density at radius 3 is 2.25 bits per heavy atom. The number of aryl methyl sites for hydroxylation is 1. The molecule has 0 saturated heterocycles. The van der Waals surface area contributed by atoms with E-state index in [2.05, 4.69) is 15.2 Å². The zero-order valence-electron chi connectivity index (χ0n) is 23.6. The number of carbonyl (C=O) groups is 1. The molecule has 1 unspecified atom stereocenters. The van der Waals surface area contributed by atoms with E-state index in [1.54, 1.807) is 6.92 Å². The molecular weight excluding hydrogens is 594 g/mol. The Morgan fingerprint density at radius 1 is 1.00 bits per heavy atom. The lowest BCUT2D eigenvalue weighted by Crippen LogP contribution is -2.52. The van der Waals surface area contributed by atoms with Gasteiger partial charge in [0.2, 0.25) is 5.60 Å². The third-order valence-electron chi connectivity index (χ3n) is 7.12. The number of hydrogen-bond acceptors (Lipinski definition) is 7. The number of nitrogens with one attached hydrogen (secondary N) is 1. The first-order valence-electron chi connectivity index (χ1n) is 13.4. The molecular formula is C30H26F6N4O4. The molecule has 1 aliphatic rings. The first kappa shape index (κ1) is 31.1. The van der Waals surface area contributed by atoms with Crippen LogP contribution in [0.3, 0.4) is 0 Å². The van der Waals surface area contributed by atoms with Crippen LogP contribution in [0, 0.1) is 24.4 Å². The van der Waals surface area contributed by atoms with Crippen molar-refractivity contribution in [3.8, 4) is 17.0 Å². The number of aliphatic hydroxyl groups is 2. The van der Waals surface area contributed by atoms with Crippen LogP contribution in [0.4, 0.5) is 26.3 Å². The van der Waals surface area contributed by atoms with Gasteiger partial charge in [-0.15, -0.1) is 5.10 Å². The fourth-order valence-corrected chi connectivity index (χ4v) is 4.60.